The van der Waals surface area contributed by atoms with Crippen LogP contribution in [-0.2, 0) is 0 Å². The van der Waals surface area contributed by atoms with Gasteiger partial charge in [0.1, 0.15) is 11.5 Å². The molecular formula is C22H17BrN2O2. The van der Waals surface area contributed by atoms with E-state index in [1.165, 1.54) is 0 Å². The number of aliphatic imine (C=N–C) groups is 2. The first kappa shape index (κ1) is 17.5. The van der Waals surface area contributed by atoms with Crippen molar-refractivity contribution < 1.29 is 9.84 Å². The molecule has 3 aromatic carbocycles. The quantitative estimate of drug-likeness (QED) is 0.581. The SMILES string of the molecule is COc1ccc(O)c(C2=Nc3ccccc3N=C(c3cccc(Br)c3)C2)c1. The molecule has 5 heteroatoms. The van der Waals surface area contributed by atoms with E-state index >= 15 is 0 Å². The van der Waals surface area contributed by atoms with Crippen LogP contribution in [0.15, 0.2) is 81.2 Å². The highest BCUT2D eigenvalue weighted by atomic mass is 79.9. The smallest absolute Gasteiger partial charge is 0.124 e. The zero-order chi connectivity index (χ0) is 18.8. The van der Waals surface area contributed by atoms with Crippen LogP contribution in [0.2, 0.25) is 0 Å². The number of hydrogen-bond acceptors (Lipinski definition) is 4. The number of phenols is 1. The summed E-state index contributed by atoms with van der Waals surface area (Å²) in [4.78, 5) is 9.69. The van der Waals surface area contributed by atoms with Gasteiger partial charge in [-0.15, -0.1) is 0 Å². The summed E-state index contributed by atoms with van der Waals surface area (Å²) in [5, 5.41) is 10.4. The third-order valence-electron chi connectivity index (χ3n) is 4.40. The molecule has 0 radical (unpaired) electrons. The average molecular weight is 421 g/mol. The average Bonchev–Trinajstić information content (AvgIpc) is 2.88. The molecule has 4 nitrogen and oxygen atoms in total. The zero-order valence-corrected chi connectivity index (χ0v) is 16.3. The number of aromatic hydroxyl groups is 1. The number of benzene rings is 3. The van der Waals surface area contributed by atoms with Crippen molar-refractivity contribution in [1.82, 2.24) is 0 Å². The molecule has 0 unspecified atom stereocenters. The highest BCUT2D eigenvalue weighted by Crippen LogP contribution is 2.35. The summed E-state index contributed by atoms with van der Waals surface area (Å²) in [5.41, 5.74) is 4.88. The molecule has 0 aliphatic carbocycles. The van der Waals surface area contributed by atoms with Gasteiger partial charge in [0, 0.05) is 16.5 Å². The lowest BCUT2D eigenvalue weighted by molar-refractivity contribution is 0.412. The summed E-state index contributed by atoms with van der Waals surface area (Å²) < 4.78 is 6.31. The van der Waals surface area contributed by atoms with Crippen LogP contribution in [0.25, 0.3) is 0 Å². The van der Waals surface area contributed by atoms with E-state index in [2.05, 4.69) is 15.9 Å². The second-order valence-electron chi connectivity index (χ2n) is 6.18. The van der Waals surface area contributed by atoms with Crippen LogP contribution >= 0.6 is 15.9 Å². The lowest BCUT2D eigenvalue weighted by Gasteiger charge is -2.11. The van der Waals surface area contributed by atoms with Gasteiger partial charge in [0.05, 0.1) is 29.9 Å². The van der Waals surface area contributed by atoms with E-state index < -0.39 is 0 Å². The van der Waals surface area contributed by atoms with Crippen LogP contribution in [0.5, 0.6) is 11.5 Å². The molecular weight excluding hydrogens is 404 g/mol. The summed E-state index contributed by atoms with van der Waals surface area (Å²) in [6.07, 6.45) is 0.492. The molecule has 1 aliphatic rings. The van der Waals surface area contributed by atoms with Gasteiger partial charge < -0.3 is 9.84 Å². The number of rotatable bonds is 3. The fraction of sp³-hybridized carbons (Fsp3) is 0.0909. The van der Waals surface area contributed by atoms with Gasteiger partial charge in [0.2, 0.25) is 0 Å². The molecule has 0 aromatic heterocycles. The van der Waals surface area contributed by atoms with Crippen molar-refractivity contribution in [2.75, 3.05) is 7.11 Å². The van der Waals surface area contributed by atoms with Crippen LogP contribution in [-0.4, -0.2) is 23.6 Å². The maximum atomic E-state index is 10.4. The van der Waals surface area contributed by atoms with Gasteiger partial charge in [0.25, 0.3) is 0 Å². The van der Waals surface area contributed by atoms with Gasteiger partial charge in [0.15, 0.2) is 0 Å². The van der Waals surface area contributed by atoms with E-state index in [0.717, 1.165) is 32.8 Å². The number of para-hydroxylation sites is 2. The summed E-state index contributed by atoms with van der Waals surface area (Å²) in [5.74, 6) is 0.839. The fourth-order valence-electron chi connectivity index (χ4n) is 3.05. The lowest BCUT2D eigenvalue weighted by Crippen LogP contribution is -2.10. The second-order valence-corrected chi connectivity index (χ2v) is 7.09. The Kier molecular flexibility index (Phi) is 4.77. The number of fused-ring (bicyclic) bond motifs is 1. The Morgan fingerprint density at radius 3 is 2.33 bits per heavy atom. The normalized spacial score (nSPS) is 13.3. The highest BCUT2D eigenvalue weighted by Gasteiger charge is 2.19. The number of halogens is 1. The largest absolute Gasteiger partial charge is 0.507 e. The molecule has 0 saturated heterocycles. The first-order valence-corrected chi connectivity index (χ1v) is 9.31. The molecule has 134 valence electrons. The van der Waals surface area contributed by atoms with Gasteiger partial charge in [-0.3, -0.25) is 9.98 Å². The molecule has 0 atom stereocenters. The molecule has 1 N–H and O–H groups in total. The minimum Gasteiger partial charge on any atom is -0.507 e. The second kappa shape index (κ2) is 7.37. The van der Waals surface area contributed by atoms with Crippen LogP contribution in [0, 0.1) is 0 Å². The number of hydrogen-bond donors (Lipinski definition) is 1. The predicted molar refractivity (Wildman–Crippen MR) is 112 cm³/mol. The maximum absolute atomic E-state index is 10.4. The van der Waals surface area contributed by atoms with Crippen molar-refractivity contribution in [1.29, 1.82) is 0 Å². The highest BCUT2D eigenvalue weighted by molar-refractivity contribution is 9.10. The third-order valence-corrected chi connectivity index (χ3v) is 4.89. The predicted octanol–water partition coefficient (Wildman–Crippen LogP) is 5.81. The van der Waals surface area contributed by atoms with Gasteiger partial charge in [-0.1, -0.05) is 40.2 Å². The van der Waals surface area contributed by atoms with Gasteiger partial charge in [-0.25, -0.2) is 0 Å². The van der Waals surface area contributed by atoms with Crippen molar-refractivity contribution in [3.05, 3.63) is 82.3 Å². The summed E-state index contributed by atoms with van der Waals surface area (Å²) in [6, 6.07) is 21.0. The molecule has 0 fully saturated rings. The van der Waals surface area contributed by atoms with Crippen LogP contribution in [0.1, 0.15) is 17.5 Å². The van der Waals surface area contributed by atoms with Crippen LogP contribution < -0.4 is 4.74 Å². The van der Waals surface area contributed by atoms with Crippen molar-refractivity contribution >= 4 is 38.7 Å². The molecule has 4 rings (SSSR count). The van der Waals surface area contributed by atoms with Crippen molar-refractivity contribution in [2.45, 2.75) is 6.42 Å². The molecule has 0 bridgehead atoms. The number of methoxy groups -OCH3 is 1. The van der Waals surface area contributed by atoms with Gasteiger partial charge in [-0.2, -0.15) is 0 Å². The van der Waals surface area contributed by atoms with Gasteiger partial charge in [-0.05, 0) is 48.0 Å². The Morgan fingerprint density at radius 1 is 0.889 bits per heavy atom. The molecule has 0 saturated carbocycles. The molecule has 0 spiro atoms. The van der Waals surface area contributed by atoms with E-state index in [1.54, 1.807) is 25.3 Å². The number of ether oxygens (including phenoxy) is 1. The Labute approximate surface area is 166 Å². The molecule has 1 aliphatic heterocycles. The Hall–Kier alpha value is -2.92. The standard InChI is InChI=1S/C22H17BrN2O2/c1-27-16-9-10-22(26)17(12-16)21-13-20(14-5-4-6-15(23)11-14)24-18-7-2-3-8-19(18)25-21/h2-12,26H,13H2,1H3. The van der Waals surface area contributed by atoms with Crippen LogP contribution in [0.4, 0.5) is 11.4 Å². The minimum absolute atomic E-state index is 0.169. The molecule has 1 heterocycles. The molecule has 3 aromatic rings. The maximum Gasteiger partial charge on any atom is 0.124 e. The summed E-state index contributed by atoms with van der Waals surface area (Å²) in [6.45, 7) is 0. The topological polar surface area (TPSA) is 54.2 Å². The van der Waals surface area contributed by atoms with E-state index in [9.17, 15) is 5.11 Å². The zero-order valence-electron chi connectivity index (χ0n) is 14.7. The number of phenolic OH excluding ortho intramolecular Hbond substituents is 1. The molecule has 27 heavy (non-hydrogen) atoms. The first-order chi connectivity index (χ1) is 13.1. The molecule has 0 amide bonds. The Bertz CT molecular complexity index is 1070. The van der Waals surface area contributed by atoms with Crippen molar-refractivity contribution in [2.24, 2.45) is 9.98 Å². The monoisotopic (exact) mass is 420 g/mol. The van der Waals surface area contributed by atoms with Crippen molar-refractivity contribution in [3.8, 4) is 11.5 Å². The van der Waals surface area contributed by atoms with E-state index in [0.29, 0.717) is 17.7 Å². The van der Waals surface area contributed by atoms with Gasteiger partial charge >= 0.3 is 0 Å². The lowest BCUT2D eigenvalue weighted by atomic mass is 9.99. The van der Waals surface area contributed by atoms with Crippen molar-refractivity contribution in [3.63, 3.8) is 0 Å². The Morgan fingerprint density at radius 2 is 1.63 bits per heavy atom. The summed E-state index contributed by atoms with van der Waals surface area (Å²) in [7, 11) is 1.61. The van der Waals surface area contributed by atoms with E-state index in [1.807, 2.05) is 48.5 Å². The Balaban J connectivity index is 1.89. The van der Waals surface area contributed by atoms with Crippen LogP contribution in [0.3, 0.4) is 0 Å². The van der Waals surface area contributed by atoms with E-state index in [-0.39, 0.29) is 5.75 Å². The summed E-state index contributed by atoms with van der Waals surface area (Å²) >= 11 is 3.53. The first-order valence-electron chi connectivity index (χ1n) is 8.51. The third kappa shape index (κ3) is 3.64. The number of nitrogens with zero attached hydrogens (tertiary/aromatic N) is 2. The minimum atomic E-state index is 0.169. The fourth-order valence-corrected chi connectivity index (χ4v) is 3.44. The van der Waals surface area contributed by atoms with E-state index in [4.69, 9.17) is 14.7 Å².